The standard InChI is InChI=1S/C34H65N3O4S/c1-24(2)32(41-42(38,39)40)14-9-25(3)29-12-13-30-28-11-10-26-23-27(37-22-8-21-36-20-7-6-19-35)15-17-33(26,4)31(28)16-18-34(29,30)5/h24-32,36-37H,6-23,35H2,1-5H3,(H,38,39,40)/t25?,26?,27-,28?,29?,30?,31?,32?,33-,34+/m0/s1. The SMILES string of the molecule is CC(C)C(CCC(C)C1CCC2C3CCC4C[C@@H](NCCCNCCCCN)CC[C@]4(C)C3CC[C@]12C)OS(=O)(=O)O. The van der Waals surface area contributed by atoms with Gasteiger partial charge in [-0.25, -0.2) is 4.18 Å². The van der Waals surface area contributed by atoms with Gasteiger partial charge in [0.15, 0.2) is 0 Å². The van der Waals surface area contributed by atoms with Crippen LogP contribution in [0.1, 0.15) is 125 Å². The molecule has 0 aliphatic heterocycles. The summed E-state index contributed by atoms with van der Waals surface area (Å²) >= 11 is 0. The zero-order chi connectivity index (χ0) is 30.5. The van der Waals surface area contributed by atoms with E-state index in [0.717, 1.165) is 62.7 Å². The summed E-state index contributed by atoms with van der Waals surface area (Å²) in [6, 6.07) is 0.696. The summed E-state index contributed by atoms with van der Waals surface area (Å²) in [4.78, 5) is 0. The van der Waals surface area contributed by atoms with Gasteiger partial charge < -0.3 is 16.4 Å². The number of hydrogen-bond acceptors (Lipinski definition) is 6. The normalized spacial score (nSPS) is 38.1. The molecule has 0 amide bonds. The molecule has 10 atom stereocenters. The van der Waals surface area contributed by atoms with Crippen LogP contribution in [0.2, 0.25) is 0 Å². The molecule has 5 N–H and O–H groups in total. The average Bonchev–Trinajstić information content (AvgIpc) is 3.29. The first-order chi connectivity index (χ1) is 19.9. The van der Waals surface area contributed by atoms with E-state index in [2.05, 4.69) is 31.4 Å². The maximum atomic E-state index is 11.4. The van der Waals surface area contributed by atoms with Gasteiger partial charge in [-0.1, -0.05) is 34.6 Å². The van der Waals surface area contributed by atoms with Gasteiger partial charge in [-0.2, -0.15) is 8.42 Å². The first-order valence-electron chi connectivity index (χ1n) is 17.7. The fourth-order valence-corrected chi connectivity index (χ4v) is 11.4. The van der Waals surface area contributed by atoms with Crippen molar-refractivity contribution in [1.29, 1.82) is 0 Å². The maximum absolute atomic E-state index is 11.4. The fourth-order valence-electron chi connectivity index (χ4n) is 10.7. The van der Waals surface area contributed by atoms with Crippen LogP contribution in [0.15, 0.2) is 0 Å². The Balaban J connectivity index is 1.28. The van der Waals surface area contributed by atoms with Crippen LogP contribution >= 0.6 is 0 Å². The molecule has 4 saturated carbocycles. The molecule has 0 saturated heterocycles. The van der Waals surface area contributed by atoms with E-state index in [1.165, 1.54) is 70.6 Å². The van der Waals surface area contributed by atoms with E-state index < -0.39 is 16.5 Å². The summed E-state index contributed by atoms with van der Waals surface area (Å²) in [5.41, 5.74) is 6.50. The molecule has 0 bridgehead atoms. The van der Waals surface area contributed by atoms with Crippen molar-refractivity contribution in [3.05, 3.63) is 0 Å². The summed E-state index contributed by atoms with van der Waals surface area (Å²) < 4.78 is 37.1. The highest BCUT2D eigenvalue weighted by Gasteiger charge is 2.60. The highest BCUT2D eigenvalue weighted by Crippen LogP contribution is 2.68. The summed E-state index contributed by atoms with van der Waals surface area (Å²) in [5, 5.41) is 7.49. The molecule has 0 aromatic carbocycles. The van der Waals surface area contributed by atoms with Crippen molar-refractivity contribution in [3.8, 4) is 0 Å². The van der Waals surface area contributed by atoms with E-state index in [4.69, 9.17) is 9.92 Å². The highest BCUT2D eigenvalue weighted by atomic mass is 32.3. The quantitative estimate of drug-likeness (QED) is 0.115. The van der Waals surface area contributed by atoms with E-state index in [9.17, 15) is 13.0 Å². The monoisotopic (exact) mass is 611 g/mol. The summed E-state index contributed by atoms with van der Waals surface area (Å²) in [7, 11) is -4.42. The van der Waals surface area contributed by atoms with Gasteiger partial charge in [0, 0.05) is 6.04 Å². The molecule has 7 unspecified atom stereocenters. The lowest BCUT2D eigenvalue weighted by molar-refractivity contribution is -0.118. The number of rotatable bonds is 16. The van der Waals surface area contributed by atoms with Gasteiger partial charge in [-0.15, -0.1) is 0 Å². The van der Waals surface area contributed by atoms with Crippen molar-refractivity contribution < 1.29 is 17.2 Å². The lowest BCUT2D eigenvalue weighted by Gasteiger charge is -2.61. The first-order valence-corrected chi connectivity index (χ1v) is 19.1. The number of hydrogen-bond donors (Lipinski definition) is 4. The first kappa shape index (κ1) is 34.6. The molecule has 0 radical (unpaired) electrons. The zero-order valence-corrected chi connectivity index (χ0v) is 28.4. The van der Waals surface area contributed by atoms with Gasteiger partial charge >= 0.3 is 10.4 Å². The van der Waals surface area contributed by atoms with Gasteiger partial charge in [0.25, 0.3) is 0 Å². The summed E-state index contributed by atoms with van der Waals surface area (Å²) in [6.07, 6.45) is 17.0. The molecule has 4 aliphatic rings. The largest absolute Gasteiger partial charge is 0.397 e. The van der Waals surface area contributed by atoms with Gasteiger partial charge in [-0.05, 0) is 168 Å². The van der Waals surface area contributed by atoms with Crippen LogP contribution in [0, 0.1) is 52.3 Å². The topological polar surface area (TPSA) is 114 Å². The Morgan fingerprint density at radius 2 is 1.60 bits per heavy atom. The van der Waals surface area contributed by atoms with E-state index in [1.807, 2.05) is 13.8 Å². The van der Waals surface area contributed by atoms with Crippen LogP contribution in [0.4, 0.5) is 0 Å². The van der Waals surface area contributed by atoms with Gasteiger partial charge in [-0.3, -0.25) is 4.55 Å². The van der Waals surface area contributed by atoms with Crippen LogP contribution in [0.3, 0.4) is 0 Å². The molecule has 4 rings (SSSR count). The Labute approximate surface area is 258 Å². The van der Waals surface area contributed by atoms with Crippen molar-refractivity contribution in [3.63, 3.8) is 0 Å². The molecular weight excluding hydrogens is 546 g/mol. The van der Waals surface area contributed by atoms with Crippen molar-refractivity contribution in [2.75, 3.05) is 26.2 Å². The van der Waals surface area contributed by atoms with Crippen LogP contribution < -0.4 is 16.4 Å². The van der Waals surface area contributed by atoms with E-state index >= 15 is 0 Å². The number of unbranched alkanes of at least 4 members (excludes halogenated alkanes) is 1. The van der Waals surface area contributed by atoms with Crippen LogP contribution in [0.25, 0.3) is 0 Å². The van der Waals surface area contributed by atoms with Crippen LogP contribution in [-0.4, -0.2) is 51.3 Å². The molecule has 0 spiro atoms. The minimum Gasteiger partial charge on any atom is -0.330 e. The third-order valence-electron chi connectivity index (χ3n) is 13.1. The smallest absolute Gasteiger partial charge is 0.330 e. The Hall–Kier alpha value is -0.250. The van der Waals surface area contributed by atoms with Crippen LogP contribution in [-0.2, 0) is 14.6 Å². The van der Waals surface area contributed by atoms with Crippen molar-refractivity contribution in [2.45, 2.75) is 137 Å². The number of fused-ring (bicyclic) bond motifs is 5. The maximum Gasteiger partial charge on any atom is 0.397 e. The van der Waals surface area contributed by atoms with Gasteiger partial charge in [0.05, 0.1) is 6.10 Å². The Morgan fingerprint density at radius 1 is 0.881 bits per heavy atom. The second-order valence-corrected chi connectivity index (χ2v) is 16.8. The highest BCUT2D eigenvalue weighted by molar-refractivity contribution is 7.80. The molecule has 0 heterocycles. The number of nitrogens with one attached hydrogen (secondary N) is 2. The lowest BCUT2D eigenvalue weighted by atomic mass is 9.44. The van der Waals surface area contributed by atoms with Gasteiger partial charge in [0.1, 0.15) is 0 Å². The molecule has 42 heavy (non-hydrogen) atoms. The molecule has 0 aromatic rings. The van der Waals surface area contributed by atoms with Crippen molar-refractivity contribution in [2.24, 2.45) is 58.0 Å². The second kappa shape index (κ2) is 14.9. The molecular formula is C34H65N3O4S. The molecule has 7 nitrogen and oxygen atoms in total. The zero-order valence-electron chi connectivity index (χ0n) is 27.6. The molecule has 8 heteroatoms. The fraction of sp³-hybridized carbons (Fsp3) is 1.00. The van der Waals surface area contributed by atoms with E-state index in [-0.39, 0.29) is 5.92 Å². The minimum absolute atomic E-state index is 0.0521. The number of nitrogens with two attached hydrogens (primary N) is 1. The summed E-state index contributed by atoms with van der Waals surface area (Å²) in [6.45, 7) is 15.7. The van der Waals surface area contributed by atoms with Crippen LogP contribution in [0.5, 0.6) is 0 Å². The molecule has 4 fully saturated rings. The Morgan fingerprint density at radius 3 is 2.31 bits per heavy atom. The van der Waals surface area contributed by atoms with Gasteiger partial charge in [0.2, 0.25) is 0 Å². The molecule has 0 aromatic heterocycles. The lowest BCUT2D eigenvalue weighted by Crippen LogP contribution is -2.55. The van der Waals surface area contributed by atoms with Crippen molar-refractivity contribution >= 4 is 10.4 Å². The predicted molar refractivity (Wildman–Crippen MR) is 172 cm³/mol. The van der Waals surface area contributed by atoms with E-state index in [0.29, 0.717) is 35.1 Å². The minimum atomic E-state index is -4.42. The molecule has 246 valence electrons. The molecule has 4 aliphatic carbocycles. The third kappa shape index (κ3) is 8.12. The van der Waals surface area contributed by atoms with E-state index in [1.54, 1.807) is 0 Å². The third-order valence-corrected chi connectivity index (χ3v) is 13.6. The second-order valence-electron chi connectivity index (χ2n) is 15.8. The van der Waals surface area contributed by atoms with Crippen molar-refractivity contribution in [1.82, 2.24) is 10.6 Å². The Bertz CT molecular complexity index is 947. The predicted octanol–water partition coefficient (Wildman–Crippen LogP) is 6.58. The Kier molecular flexibility index (Phi) is 12.3. The average molecular weight is 612 g/mol. The summed E-state index contributed by atoms with van der Waals surface area (Å²) in [5.74, 6) is 4.76.